The van der Waals surface area contributed by atoms with E-state index in [1.807, 2.05) is 61.5 Å². The molecule has 3 rings (SSSR count). The molecule has 0 aliphatic rings. The fraction of sp³-hybridized carbons (Fsp3) is 0.174. The zero-order chi connectivity index (χ0) is 19.8. The largest absolute Gasteiger partial charge is 0.497 e. The van der Waals surface area contributed by atoms with Crippen molar-refractivity contribution in [3.05, 3.63) is 82.1 Å². The Balaban J connectivity index is 1.75. The maximum atomic E-state index is 5.97. The Morgan fingerprint density at radius 1 is 0.964 bits per heavy atom. The van der Waals surface area contributed by atoms with E-state index in [0.717, 1.165) is 27.1 Å². The van der Waals surface area contributed by atoms with Gasteiger partial charge in [-0.1, -0.05) is 21.9 Å². The highest BCUT2D eigenvalue weighted by Crippen LogP contribution is 2.25. The van der Waals surface area contributed by atoms with Gasteiger partial charge >= 0.3 is 0 Å². The van der Waals surface area contributed by atoms with Crippen LogP contribution in [-0.4, -0.2) is 18.7 Å². The van der Waals surface area contributed by atoms with Crippen LogP contribution in [0.4, 0.5) is 0 Å². The summed E-state index contributed by atoms with van der Waals surface area (Å²) in [6.45, 7) is 2.98. The molecule has 0 saturated heterocycles. The van der Waals surface area contributed by atoms with E-state index in [-0.39, 0.29) is 0 Å². The van der Waals surface area contributed by atoms with Crippen molar-refractivity contribution < 1.29 is 14.2 Å². The lowest BCUT2D eigenvalue weighted by Crippen LogP contribution is -2.00. The zero-order valence-corrected chi connectivity index (χ0v) is 17.3. The zero-order valence-electron chi connectivity index (χ0n) is 15.7. The van der Waals surface area contributed by atoms with Gasteiger partial charge in [-0.2, -0.15) is 0 Å². The molecule has 0 unspecified atom stereocenters. The molecule has 0 spiro atoms. The molecule has 4 nitrogen and oxygen atoms in total. The van der Waals surface area contributed by atoms with E-state index in [9.17, 15) is 0 Å². The first-order valence-corrected chi connectivity index (χ1v) is 9.64. The van der Waals surface area contributed by atoms with Crippen molar-refractivity contribution >= 4 is 15.9 Å². The molecule has 0 aliphatic heterocycles. The van der Waals surface area contributed by atoms with Crippen LogP contribution in [0.1, 0.15) is 23.7 Å². The number of benzene rings is 2. The lowest BCUT2D eigenvalue weighted by atomic mass is 10.2. The molecule has 28 heavy (non-hydrogen) atoms. The van der Waals surface area contributed by atoms with Gasteiger partial charge in [0.15, 0.2) is 11.4 Å². The molecule has 0 radical (unpaired) electrons. The maximum Gasteiger partial charge on any atom is 0.155 e. The summed E-state index contributed by atoms with van der Waals surface area (Å²) >= 11 is 3.54. The number of nitrogens with zero attached hydrogens (tertiary/aromatic N) is 1. The Morgan fingerprint density at radius 2 is 1.75 bits per heavy atom. The van der Waals surface area contributed by atoms with Gasteiger partial charge in [-0.3, -0.25) is 0 Å². The molecule has 0 aliphatic carbocycles. The van der Waals surface area contributed by atoms with Crippen molar-refractivity contribution in [1.29, 1.82) is 0 Å². The topological polar surface area (TPSA) is 40.6 Å². The van der Waals surface area contributed by atoms with Crippen LogP contribution in [0.15, 0.2) is 65.3 Å². The van der Waals surface area contributed by atoms with Crippen molar-refractivity contribution in [2.24, 2.45) is 0 Å². The van der Waals surface area contributed by atoms with Gasteiger partial charge in [-0.05, 0) is 67.4 Å². The molecule has 3 aromatic rings. The Bertz CT molecular complexity index is 991. The molecule has 0 amide bonds. The van der Waals surface area contributed by atoms with Crippen LogP contribution in [0, 0.1) is 11.8 Å². The van der Waals surface area contributed by atoms with E-state index in [2.05, 4.69) is 32.8 Å². The third kappa shape index (κ3) is 5.28. The molecular formula is C23H20BrNO3. The van der Waals surface area contributed by atoms with Crippen molar-refractivity contribution in [2.45, 2.75) is 13.5 Å². The molecular weight excluding hydrogens is 418 g/mol. The van der Waals surface area contributed by atoms with E-state index >= 15 is 0 Å². The smallest absolute Gasteiger partial charge is 0.155 e. The number of aromatic nitrogens is 1. The standard InChI is InChI=1S/C23H20BrNO3/c1-3-27-19-9-6-17(7-10-19)8-13-22-23(5-4-14-25-22)28-16-18-15-20(26-2)11-12-21(18)24/h4-7,9-12,14-15H,3,16H2,1-2H3. The lowest BCUT2D eigenvalue weighted by Gasteiger charge is -2.10. The number of halogens is 1. The average molecular weight is 438 g/mol. The van der Waals surface area contributed by atoms with E-state index in [1.54, 1.807) is 13.3 Å². The van der Waals surface area contributed by atoms with Crippen molar-refractivity contribution in [2.75, 3.05) is 13.7 Å². The number of hydrogen-bond donors (Lipinski definition) is 0. The minimum Gasteiger partial charge on any atom is -0.497 e. The van der Waals surface area contributed by atoms with Gasteiger partial charge in [-0.25, -0.2) is 4.98 Å². The van der Waals surface area contributed by atoms with Crippen LogP contribution in [-0.2, 0) is 6.61 Å². The molecule has 142 valence electrons. The summed E-state index contributed by atoms with van der Waals surface area (Å²) in [7, 11) is 1.64. The number of rotatable bonds is 6. The first-order valence-electron chi connectivity index (χ1n) is 8.84. The molecule has 0 saturated carbocycles. The van der Waals surface area contributed by atoms with Crippen molar-refractivity contribution in [3.8, 4) is 29.1 Å². The van der Waals surface area contributed by atoms with Crippen LogP contribution in [0.3, 0.4) is 0 Å². The Morgan fingerprint density at radius 3 is 2.50 bits per heavy atom. The SMILES string of the molecule is CCOc1ccc(C#Cc2ncccc2OCc2cc(OC)ccc2Br)cc1. The van der Waals surface area contributed by atoms with Gasteiger partial charge < -0.3 is 14.2 Å². The summed E-state index contributed by atoms with van der Waals surface area (Å²) < 4.78 is 17.7. The van der Waals surface area contributed by atoms with Gasteiger partial charge in [-0.15, -0.1) is 0 Å². The first kappa shape index (κ1) is 19.8. The third-order valence-electron chi connectivity index (χ3n) is 3.90. The molecule has 0 fully saturated rings. The summed E-state index contributed by atoms with van der Waals surface area (Å²) in [6.07, 6.45) is 1.70. The highest BCUT2D eigenvalue weighted by molar-refractivity contribution is 9.10. The summed E-state index contributed by atoms with van der Waals surface area (Å²) in [5, 5.41) is 0. The molecule has 5 heteroatoms. The van der Waals surface area contributed by atoms with Gasteiger partial charge in [0.1, 0.15) is 18.1 Å². The van der Waals surface area contributed by atoms with Crippen LogP contribution < -0.4 is 14.2 Å². The monoisotopic (exact) mass is 437 g/mol. The van der Waals surface area contributed by atoms with Crippen LogP contribution in [0.25, 0.3) is 0 Å². The minimum atomic E-state index is 0.376. The first-order chi connectivity index (χ1) is 13.7. The predicted molar refractivity (Wildman–Crippen MR) is 113 cm³/mol. The van der Waals surface area contributed by atoms with Gasteiger partial charge in [0, 0.05) is 21.8 Å². The summed E-state index contributed by atoms with van der Waals surface area (Å²) in [5.41, 5.74) is 2.46. The molecule has 0 bridgehead atoms. The quantitative estimate of drug-likeness (QED) is 0.495. The number of hydrogen-bond acceptors (Lipinski definition) is 4. The molecule has 2 aromatic carbocycles. The van der Waals surface area contributed by atoms with Crippen LogP contribution >= 0.6 is 15.9 Å². The number of ether oxygens (including phenoxy) is 3. The Labute approximate surface area is 173 Å². The molecule has 1 heterocycles. The molecule has 0 atom stereocenters. The fourth-order valence-electron chi connectivity index (χ4n) is 2.48. The second kappa shape index (κ2) is 9.82. The second-order valence-corrected chi connectivity index (χ2v) is 6.66. The molecule has 0 N–H and O–H groups in total. The van der Waals surface area contributed by atoms with Crippen LogP contribution in [0.2, 0.25) is 0 Å². The Kier molecular flexibility index (Phi) is 6.94. The lowest BCUT2D eigenvalue weighted by molar-refractivity contribution is 0.302. The van der Waals surface area contributed by atoms with Crippen molar-refractivity contribution in [1.82, 2.24) is 4.98 Å². The van der Waals surface area contributed by atoms with E-state index in [0.29, 0.717) is 24.7 Å². The second-order valence-electron chi connectivity index (χ2n) is 5.80. The average Bonchev–Trinajstić information content (AvgIpc) is 2.73. The normalized spacial score (nSPS) is 9.96. The third-order valence-corrected chi connectivity index (χ3v) is 4.67. The molecule has 1 aromatic heterocycles. The fourth-order valence-corrected chi connectivity index (χ4v) is 2.84. The van der Waals surface area contributed by atoms with Gasteiger partial charge in [0.2, 0.25) is 0 Å². The van der Waals surface area contributed by atoms with E-state index in [4.69, 9.17) is 14.2 Å². The maximum absolute atomic E-state index is 5.97. The predicted octanol–water partition coefficient (Wildman–Crippen LogP) is 5.23. The van der Waals surface area contributed by atoms with Gasteiger partial charge in [0.05, 0.1) is 13.7 Å². The van der Waals surface area contributed by atoms with Crippen molar-refractivity contribution in [3.63, 3.8) is 0 Å². The van der Waals surface area contributed by atoms with E-state index in [1.165, 1.54) is 0 Å². The summed E-state index contributed by atoms with van der Waals surface area (Å²) in [5.74, 6) is 8.46. The summed E-state index contributed by atoms with van der Waals surface area (Å²) in [4.78, 5) is 4.35. The highest BCUT2D eigenvalue weighted by Gasteiger charge is 2.06. The Hall–Kier alpha value is -2.97. The highest BCUT2D eigenvalue weighted by atomic mass is 79.9. The number of pyridine rings is 1. The summed E-state index contributed by atoms with van der Waals surface area (Å²) in [6, 6.07) is 17.1. The minimum absolute atomic E-state index is 0.376. The van der Waals surface area contributed by atoms with Crippen LogP contribution in [0.5, 0.6) is 17.2 Å². The van der Waals surface area contributed by atoms with Gasteiger partial charge in [0.25, 0.3) is 0 Å². The van der Waals surface area contributed by atoms with E-state index < -0.39 is 0 Å². The number of methoxy groups -OCH3 is 1.